The molecule has 2 amide bonds. The molecule has 0 radical (unpaired) electrons. The highest BCUT2D eigenvalue weighted by atomic mass is 32.2. The van der Waals surface area contributed by atoms with Crippen LogP contribution < -0.4 is 10.4 Å². The van der Waals surface area contributed by atoms with Gasteiger partial charge in [-0.05, 0) is 64.1 Å². The van der Waals surface area contributed by atoms with Gasteiger partial charge in [0.25, 0.3) is 0 Å². The summed E-state index contributed by atoms with van der Waals surface area (Å²) < 4.78 is 1.07. The van der Waals surface area contributed by atoms with Gasteiger partial charge in [0.1, 0.15) is 10.8 Å². The fourth-order valence-electron chi connectivity index (χ4n) is 2.42. The zero-order chi connectivity index (χ0) is 21.9. The van der Waals surface area contributed by atoms with Gasteiger partial charge in [-0.15, -0.1) is 34.4 Å². The molecule has 3 aromatic rings. The molecule has 0 aliphatic carbocycles. The lowest BCUT2D eigenvalue weighted by Gasteiger charge is -2.24. The van der Waals surface area contributed by atoms with Crippen LogP contribution in [0.5, 0.6) is 5.75 Å². The number of aromatic nitrogens is 1. The van der Waals surface area contributed by atoms with Crippen molar-refractivity contribution < 1.29 is 14.7 Å². The van der Waals surface area contributed by atoms with Crippen molar-refractivity contribution in [1.82, 2.24) is 10.5 Å². The lowest BCUT2D eigenvalue weighted by Crippen LogP contribution is -2.41. The lowest BCUT2D eigenvalue weighted by atomic mass is 10.2. The van der Waals surface area contributed by atoms with E-state index in [0.29, 0.717) is 10.8 Å². The van der Waals surface area contributed by atoms with E-state index in [4.69, 9.17) is 9.82 Å². The molecular weight excluding hydrogens is 440 g/mol. The predicted octanol–water partition coefficient (Wildman–Crippen LogP) is 6.21. The van der Waals surface area contributed by atoms with Gasteiger partial charge in [0.15, 0.2) is 5.13 Å². The van der Waals surface area contributed by atoms with E-state index in [1.54, 1.807) is 35.2 Å². The number of phenols is 1. The van der Waals surface area contributed by atoms with Gasteiger partial charge in [-0.1, -0.05) is 0 Å². The molecule has 10 heteroatoms. The molecule has 0 atom stereocenters. The summed E-state index contributed by atoms with van der Waals surface area (Å²) in [5.74, 6) is 0.109. The number of aromatic hydroxyl groups is 1. The van der Waals surface area contributed by atoms with Crippen LogP contribution in [0.25, 0.3) is 11.3 Å². The molecule has 1 aromatic carbocycles. The normalized spacial score (nSPS) is 11.3. The number of anilines is 2. The van der Waals surface area contributed by atoms with Crippen molar-refractivity contribution in [2.75, 3.05) is 11.2 Å². The number of thioether (sulfide) groups is 1. The topological polar surface area (TPSA) is 87.1 Å². The number of nitrogens with one attached hydrogen (secondary N) is 1. The van der Waals surface area contributed by atoms with Gasteiger partial charge in [0.2, 0.25) is 0 Å². The highest BCUT2D eigenvalue weighted by Crippen LogP contribution is 2.43. The van der Waals surface area contributed by atoms with Crippen LogP contribution >= 0.6 is 34.4 Å². The van der Waals surface area contributed by atoms with Gasteiger partial charge in [-0.25, -0.2) is 20.2 Å². The van der Waals surface area contributed by atoms with Crippen LogP contribution in [-0.4, -0.2) is 34.7 Å². The molecule has 158 valence electrons. The van der Waals surface area contributed by atoms with Crippen LogP contribution in [0.1, 0.15) is 20.8 Å². The van der Waals surface area contributed by atoms with E-state index in [0.717, 1.165) is 20.5 Å². The fourth-order valence-corrected chi connectivity index (χ4v) is 4.94. The number of carbonyl (C=O) groups is 1. The zero-order valence-electron chi connectivity index (χ0n) is 17.0. The van der Waals surface area contributed by atoms with Crippen molar-refractivity contribution in [1.29, 1.82) is 0 Å². The number of hydroxylamine groups is 1. The second kappa shape index (κ2) is 9.17. The first-order chi connectivity index (χ1) is 14.2. The molecule has 0 spiro atoms. The van der Waals surface area contributed by atoms with Gasteiger partial charge in [0, 0.05) is 10.9 Å². The summed E-state index contributed by atoms with van der Waals surface area (Å²) in [4.78, 5) is 28.5. The molecule has 30 heavy (non-hydrogen) atoms. The highest BCUT2D eigenvalue weighted by molar-refractivity contribution is 8.00. The minimum atomic E-state index is -0.553. The number of thiophene rings is 1. The Morgan fingerprint density at radius 3 is 2.63 bits per heavy atom. The van der Waals surface area contributed by atoms with E-state index < -0.39 is 11.6 Å². The lowest BCUT2D eigenvalue weighted by molar-refractivity contribution is -0.0513. The average Bonchev–Trinajstić information content (AvgIpc) is 3.34. The number of phenolic OH excluding ortho intramolecular Hbond substituents is 1. The number of hydrogen-bond acceptors (Lipinski definition) is 8. The molecule has 0 fully saturated rings. The Labute approximate surface area is 187 Å². The number of amides is 2. The van der Waals surface area contributed by atoms with Crippen molar-refractivity contribution in [3.8, 4) is 17.0 Å². The van der Waals surface area contributed by atoms with E-state index in [2.05, 4.69) is 17.2 Å². The number of hydrogen-bond donors (Lipinski definition) is 2. The highest BCUT2D eigenvalue weighted by Gasteiger charge is 2.24. The van der Waals surface area contributed by atoms with Gasteiger partial charge in [-0.3, -0.25) is 9.83 Å². The maximum absolute atomic E-state index is 13.0. The summed E-state index contributed by atoms with van der Waals surface area (Å²) >= 11 is 4.49. The van der Waals surface area contributed by atoms with Crippen LogP contribution in [0, 0.1) is 0 Å². The first-order valence-corrected chi connectivity index (χ1v) is 11.8. The number of nitrogens with zero attached hydrogens (tertiary/aromatic N) is 3. The standard InChI is InChI=1S/C20H22N4O3S3/c1-20(2,3)27-23-18(26)24(12-6-8-13(25)9-7-12)19-22-15(11-29-19)14-10-16(21-4)30-17(14)28-5/h6-11,25H,4H2,1-3,5H3,(H,23,26). The van der Waals surface area contributed by atoms with Gasteiger partial charge in [-0.2, -0.15) is 0 Å². The van der Waals surface area contributed by atoms with E-state index in [1.807, 2.05) is 38.5 Å². The Kier molecular flexibility index (Phi) is 6.81. The second-order valence-corrected chi connectivity index (χ2v) is 10.1. The third kappa shape index (κ3) is 5.20. The SMILES string of the molecule is C=Nc1cc(-c2csc(N(C(=O)NOC(C)(C)C)c3ccc(O)cc3)n2)c(SC)s1. The van der Waals surface area contributed by atoms with Crippen molar-refractivity contribution >= 4 is 63.0 Å². The third-order valence-electron chi connectivity index (χ3n) is 3.74. The average molecular weight is 463 g/mol. The summed E-state index contributed by atoms with van der Waals surface area (Å²) in [6.45, 7) is 9.11. The fraction of sp³-hybridized carbons (Fsp3) is 0.250. The minimum Gasteiger partial charge on any atom is -0.508 e. The number of urea groups is 1. The summed E-state index contributed by atoms with van der Waals surface area (Å²) in [5, 5.41) is 12.8. The minimum absolute atomic E-state index is 0.109. The quantitative estimate of drug-likeness (QED) is 0.258. The molecule has 2 aromatic heterocycles. The Bertz CT molecular complexity index is 1040. The Hall–Kier alpha value is -2.40. The number of carbonyl (C=O) groups excluding carboxylic acids is 1. The smallest absolute Gasteiger partial charge is 0.352 e. The van der Waals surface area contributed by atoms with Crippen LogP contribution in [-0.2, 0) is 4.84 Å². The van der Waals surface area contributed by atoms with Crippen LogP contribution in [0.2, 0.25) is 0 Å². The third-order valence-corrected chi connectivity index (χ3v) is 6.77. The molecule has 0 aliphatic rings. The number of rotatable bonds is 6. The van der Waals surface area contributed by atoms with Gasteiger partial charge in [0.05, 0.1) is 21.2 Å². The molecule has 2 heterocycles. The second-order valence-electron chi connectivity index (χ2n) is 7.14. The Morgan fingerprint density at radius 1 is 1.33 bits per heavy atom. The first kappa shape index (κ1) is 22.3. The van der Waals surface area contributed by atoms with Crippen molar-refractivity contribution in [3.05, 3.63) is 35.7 Å². The summed E-state index contributed by atoms with van der Waals surface area (Å²) in [7, 11) is 0. The van der Waals surface area contributed by atoms with Crippen LogP contribution in [0.15, 0.2) is 44.9 Å². The predicted molar refractivity (Wildman–Crippen MR) is 126 cm³/mol. The van der Waals surface area contributed by atoms with E-state index in [9.17, 15) is 9.90 Å². The molecule has 0 unspecified atom stereocenters. The number of thiazole rings is 1. The summed E-state index contributed by atoms with van der Waals surface area (Å²) in [5.41, 5.74) is 4.18. The van der Waals surface area contributed by atoms with Crippen molar-refractivity contribution in [2.24, 2.45) is 4.99 Å². The van der Waals surface area contributed by atoms with Gasteiger partial charge >= 0.3 is 6.03 Å². The first-order valence-electron chi connectivity index (χ1n) is 8.89. The van der Waals surface area contributed by atoms with Crippen molar-refractivity contribution in [3.63, 3.8) is 0 Å². The Morgan fingerprint density at radius 2 is 2.03 bits per heavy atom. The number of aliphatic imine (C=N–C) groups is 1. The molecular formula is C20H22N4O3S3. The summed E-state index contributed by atoms with van der Waals surface area (Å²) in [6, 6.07) is 7.77. The van der Waals surface area contributed by atoms with Crippen LogP contribution in [0.4, 0.5) is 20.6 Å². The largest absolute Gasteiger partial charge is 0.508 e. The van der Waals surface area contributed by atoms with E-state index >= 15 is 0 Å². The molecule has 3 rings (SSSR count). The molecule has 2 N–H and O–H groups in total. The molecule has 0 saturated heterocycles. The Balaban J connectivity index is 1.98. The molecule has 0 bridgehead atoms. The zero-order valence-corrected chi connectivity index (χ0v) is 19.5. The van der Waals surface area contributed by atoms with Crippen molar-refractivity contribution in [2.45, 2.75) is 30.6 Å². The molecule has 0 saturated carbocycles. The molecule has 7 nitrogen and oxygen atoms in total. The number of benzene rings is 1. The van der Waals surface area contributed by atoms with E-state index in [1.165, 1.54) is 28.4 Å². The van der Waals surface area contributed by atoms with Gasteiger partial charge < -0.3 is 5.11 Å². The van der Waals surface area contributed by atoms with E-state index in [-0.39, 0.29) is 5.75 Å². The maximum Gasteiger partial charge on any atom is 0.352 e. The maximum atomic E-state index is 13.0. The summed E-state index contributed by atoms with van der Waals surface area (Å²) in [6.07, 6.45) is 2.00. The monoisotopic (exact) mass is 462 g/mol. The van der Waals surface area contributed by atoms with Crippen LogP contribution in [0.3, 0.4) is 0 Å². The molecule has 0 aliphatic heterocycles.